The van der Waals surface area contributed by atoms with Gasteiger partial charge in [0.1, 0.15) is 4.90 Å². The van der Waals surface area contributed by atoms with Crippen LogP contribution < -0.4 is 11.1 Å². The maximum absolute atomic E-state index is 12.5. The number of likely N-dealkylation sites (N-methyl/N-ethyl adjacent to an activating group) is 1. The summed E-state index contributed by atoms with van der Waals surface area (Å²) in [6, 6.07) is 4.18. The number of carbonyl (C=O) groups is 1. The number of nitrogens with two attached hydrogens (primary N) is 1. The van der Waals surface area contributed by atoms with Crippen molar-refractivity contribution in [1.29, 1.82) is 0 Å². The lowest BCUT2D eigenvalue weighted by atomic mass is 10.3. The van der Waals surface area contributed by atoms with Gasteiger partial charge < -0.3 is 11.1 Å². The molecule has 0 aliphatic rings. The first kappa shape index (κ1) is 16.7. The van der Waals surface area contributed by atoms with Gasteiger partial charge in [0.05, 0.1) is 11.6 Å². The molecule has 0 fully saturated rings. The second kappa shape index (κ2) is 6.92. The van der Waals surface area contributed by atoms with Crippen LogP contribution >= 0.6 is 11.6 Å². The number of amides is 1. The van der Waals surface area contributed by atoms with E-state index < -0.39 is 10.0 Å². The first-order valence-corrected chi connectivity index (χ1v) is 7.90. The van der Waals surface area contributed by atoms with Crippen molar-refractivity contribution in [3.8, 4) is 0 Å². The number of rotatable bonds is 6. The van der Waals surface area contributed by atoms with Gasteiger partial charge in [-0.25, -0.2) is 8.42 Å². The quantitative estimate of drug-likeness (QED) is 0.767. The van der Waals surface area contributed by atoms with E-state index in [0.717, 1.165) is 4.31 Å². The van der Waals surface area contributed by atoms with Crippen LogP contribution in [-0.4, -0.2) is 38.8 Å². The summed E-state index contributed by atoms with van der Waals surface area (Å²) in [5, 5.41) is 2.45. The van der Waals surface area contributed by atoms with E-state index in [1.54, 1.807) is 0 Å². The SMILES string of the molecule is CCCN(CC(=O)NC)S(=O)(=O)c1ccc(N)cc1Cl. The molecular formula is C12H18ClN3O3S. The molecule has 0 heterocycles. The third-order valence-corrected chi connectivity index (χ3v) is 4.97. The fourth-order valence-corrected chi connectivity index (χ4v) is 3.65. The Hall–Kier alpha value is -1.31. The Balaban J connectivity index is 3.18. The van der Waals surface area contributed by atoms with Gasteiger partial charge in [-0.15, -0.1) is 0 Å². The highest BCUT2D eigenvalue weighted by Crippen LogP contribution is 2.26. The molecule has 0 saturated heterocycles. The van der Waals surface area contributed by atoms with E-state index in [-0.39, 0.29) is 28.9 Å². The van der Waals surface area contributed by atoms with Crippen LogP contribution in [0.4, 0.5) is 5.69 Å². The third kappa shape index (κ3) is 3.84. The van der Waals surface area contributed by atoms with E-state index in [1.165, 1.54) is 25.2 Å². The van der Waals surface area contributed by atoms with Crippen molar-refractivity contribution in [3.05, 3.63) is 23.2 Å². The van der Waals surface area contributed by atoms with Gasteiger partial charge in [-0.3, -0.25) is 4.79 Å². The third-order valence-electron chi connectivity index (χ3n) is 2.65. The summed E-state index contributed by atoms with van der Waals surface area (Å²) in [6.45, 7) is 1.82. The van der Waals surface area contributed by atoms with E-state index in [0.29, 0.717) is 12.1 Å². The summed E-state index contributed by atoms with van der Waals surface area (Å²) < 4.78 is 26.2. The molecule has 112 valence electrons. The van der Waals surface area contributed by atoms with Crippen molar-refractivity contribution >= 4 is 33.2 Å². The fraction of sp³-hybridized carbons (Fsp3) is 0.417. The van der Waals surface area contributed by atoms with E-state index >= 15 is 0 Å². The lowest BCUT2D eigenvalue weighted by molar-refractivity contribution is -0.120. The number of hydrogen-bond acceptors (Lipinski definition) is 4. The smallest absolute Gasteiger partial charge is 0.245 e. The lowest BCUT2D eigenvalue weighted by Gasteiger charge is -2.21. The predicted octanol–water partition coefficient (Wildman–Crippen LogP) is 1.07. The van der Waals surface area contributed by atoms with Gasteiger partial charge in [0.25, 0.3) is 0 Å². The number of nitrogens with one attached hydrogen (secondary N) is 1. The number of halogens is 1. The molecule has 0 saturated carbocycles. The molecule has 0 unspecified atom stereocenters. The van der Waals surface area contributed by atoms with Crippen LogP contribution in [0.25, 0.3) is 0 Å². The summed E-state index contributed by atoms with van der Waals surface area (Å²) in [7, 11) is -2.38. The highest BCUT2D eigenvalue weighted by molar-refractivity contribution is 7.89. The summed E-state index contributed by atoms with van der Waals surface area (Å²) in [5.41, 5.74) is 5.93. The molecule has 0 aliphatic carbocycles. The van der Waals surface area contributed by atoms with Crippen molar-refractivity contribution in [1.82, 2.24) is 9.62 Å². The summed E-state index contributed by atoms with van der Waals surface area (Å²) in [6.07, 6.45) is 0.586. The van der Waals surface area contributed by atoms with Crippen molar-refractivity contribution in [3.63, 3.8) is 0 Å². The van der Waals surface area contributed by atoms with Crippen molar-refractivity contribution in [2.75, 3.05) is 25.9 Å². The van der Waals surface area contributed by atoms with E-state index in [4.69, 9.17) is 17.3 Å². The molecule has 20 heavy (non-hydrogen) atoms. The number of carbonyl (C=O) groups excluding carboxylic acids is 1. The molecule has 1 aromatic rings. The predicted molar refractivity (Wildman–Crippen MR) is 79.0 cm³/mol. The Morgan fingerprint density at radius 2 is 2.10 bits per heavy atom. The number of anilines is 1. The van der Waals surface area contributed by atoms with Crippen molar-refractivity contribution < 1.29 is 13.2 Å². The summed E-state index contributed by atoms with van der Waals surface area (Å²) in [5.74, 6) is -0.381. The Kier molecular flexibility index (Phi) is 5.79. The topological polar surface area (TPSA) is 92.5 Å². The van der Waals surface area contributed by atoms with Gasteiger partial charge in [-0.1, -0.05) is 18.5 Å². The van der Waals surface area contributed by atoms with Gasteiger partial charge in [0, 0.05) is 19.3 Å². The van der Waals surface area contributed by atoms with Crippen LogP contribution in [0.2, 0.25) is 5.02 Å². The first-order valence-electron chi connectivity index (χ1n) is 6.08. The van der Waals surface area contributed by atoms with E-state index in [2.05, 4.69) is 5.32 Å². The van der Waals surface area contributed by atoms with Crippen LogP contribution in [0.1, 0.15) is 13.3 Å². The molecule has 1 aromatic carbocycles. The first-order chi connectivity index (χ1) is 9.32. The van der Waals surface area contributed by atoms with Gasteiger partial charge in [0.15, 0.2) is 0 Å². The maximum atomic E-state index is 12.5. The van der Waals surface area contributed by atoms with Crippen LogP contribution in [-0.2, 0) is 14.8 Å². The molecule has 8 heteroatoms. The molecule has 0 bridgehead atoms. The lowest BCUT2D eigenvalue weighted by Crippen LogP contribution is -2.40. The molecule has 0 aromatic heterocycles. The molecule has 1 amide bonds. The van der Waals surface area contributed by atoms with Crippen LogP contribution in [0.15, 0.2) is 23.1 Å². The zero-order valence-electron chi connectivity index (χ0n) is 11.4. The normalized spacial score (nSPS) is 11.6. The molecule has 0 aliphatic heterocycles. The summed E-state index contributed by atoms with van der Waals surface area (Å²) in [4.78, 5) is 11.4. The van der Waals surface area contributed by atoms with Gasteiger partial charge in [-0.05, 0) is 24.6 Å². The number of hydrogen-bond donors (Lipinski definition) is 2. The molecule has 0 spiro atoms. The minimum absolute atomic E-state index is 0.0445. The zero-order valence-corrected chi connectivity index (χ0v) is 13.0. The Labute approximate surface area is 123 Å². The summed E-state index contributed by atoms with van der Waals surface area (Å²) >= 11 is 5.94. The van der Waals surface area contributed by atoms with Crippen LogP contribution in [0, 0.1) is 0 Å². The van der Waals surface area contributed by atoms with E-state index in [9.17, 15) is 13.2 Å². The van der Waals surface area contributed by atoms with Crippen LogP contribution in [0.3, 0.4) is 0 Å². The standard InChI is InChI=1S/C12H18ClN3O3S/c1-3-6-16(8-12(17)15-2)20(18,19)11-5-4-9(14)7-10(11)13/h4-5,7H,3,6,8,14H2,1-2H3,(H,15,17). The number of nitrogen functional groups attached to an aromatic ring is 1. The van der Waals surface area contributed by atoms with Crippen molar-refractivity contribution in [2.45, 2.75) is 18.2 Å². The molecule has 3 N–H and O–H groups in total. The average molecular weight is 320 g/mol. The highest BCUT2D eigenvalue weighted by Gasteiger charge is 2.27. The van der Waals surface area contributed by atoms with Gasteiger partial charge in [0.2, 0.25) is 15.9 Å². The minimum atomic E-state index is -3.83. The molecule has 1 rings (SSSR count). The van der Waals surface area contributed by atoms with E-state index in [1.807, 2.05) is 6.92 Å². The maximum Gasteiger partial charge on any atom is 0.245 e. The molecule has 0 radical (unpaired) electrons. The van der Waals surface area contributed by atoms with Gasteiger partial charge >= 0.3 is 0 Å². The largest absolute Gasteiger partial charge is 0.399 e. The Bertz CT molecular complexity index is 590. The number of sulfonamides is 1. The van der Waals surface area contributed by atoms with Crippen molar-refractivity contribution in [2.24, 2.45) is 0 Å². The monoisotopic (exact) mass is 319 g/mol. The minimum Gasteiger partial charge on any atom is -0.399 e. The Morgan fingerprint density at radius 3 is 2.60 bits per heavy atom. The highest BCUT2D eigenvalue weighted by atomic mass is 35.5. The second-order valence-corrected chi connectivity index (χ2v) is 6.52. The molecule has 6 nitrogen and oxygen atoms in total. The molecular weight excluding hydrogens is 302 g/mol. The fourth-order valence-electron chi connectivity index (χ4n) is 1.64. The van der Waals surface area contributed by atoms with Gasteiger partial charge in [-0.2, -0.15) is 4.31 Å². The Morgan fingerprint density at radius 1 is 1.45 bits per heavy atom. The second-order valence-electron chi connectivity index (χ2n) is 4.20. The molecule has 0 atom stereocenters. The van der Waals surface area contributed by atoms with Crippen LogP contribution in [0.5, 0.6) is 0 Å². The zero-order chi connectivity index (χ0) is 15.3. The average Bonchev–Trinajstić information content (AvgIpc) is 2.37. The number of nitrogens with zero attached hydrogens (tertiary/aromatic N) is 1. The number of benzene rings is 1.